The van der Waals surface area contributed by atoms with E-state index in [0.29, 0.717) is 11.3 Å². The van der Waals surface area contributed by atoms with Crippen molar-refractivity contribution in [2.45, 2.75) is 25.6 Å². The molecule has 0 aromatic heterocycles. The van der Waals surface area contributed by atoms with Crippen molar-refractivity contribution in [2.24, 2.45) is 5.92 Å². The van der Waals surface area contributed by atoms with Gasteiger partial charge < -0.3 is 10.5 Å². The molecule has 1 aromatic rings. The number of nitrogen functional groups attached to an aromatic ring is 1. The number of carbonyl (C=O) groups is 1. The Balaban J connectivity index is 2.82. The molecular weight excluding hydrogens is 280 g/mol. The Morgan fingerprint density at radius 1 is 1.30 bits per heavy atom. The molecule has 6 nitrogen and oxygen atoms in total. The standard InChI is InChI=1S/C13H20N2O4S/c1-9(2)12(13(16)19-3)15-20(17,18)8-10-4-6-11(14)7-5-10/h4-7,9,12,15H,8,14H2,1-3H3/t12-/m1/s1. The lowest BCUT2D eigenvalue weighted by molar-refractivity contribution is -0.143. The number of nitrogens with two attached hydrogens (primary N) is 1. The number of carbonyl (C=O) groups excluding carboxylic acids is 1. The van der Waals surface area contributed by atoms with E-state index >= 15 is 0 Å². The highest BCUT2D eigenvalue weighted by Gasteiger charge is 2.28. The molecular formula is C13H20N2O4S. The molecule has 0 saturated carbocycles. The largest absolute Gasteiger partial charge is 0.468 e. The van der Waals surface area contributed by atoms with Gasteiger partial charge in [-0.05, 0) is 23.6 Å². The predicted octanol–water partition coefficient (Wildman–Crippen LogP) is 0.886. The summed E-state index contributed by atoms with van der Waals surface area (Å²) < 4.78 is 31.1. The zero-order chi connectivity index (χ0) is 15.3. The molecule has 0 saturated heterocycles. The molecule has 0 amide bonds. The minimum atomic E-state index is -3.64. The van der Waals surface area contributed by atoms with Crippen LogP contribution in [0.4, 0.5) is 5.69 Å². The Morgan fingerprint density at radius 2 is 1.85 bits per heavy atom. The van der Waals surface area contributed by atoms with Crippen molar-refractivity contribution >= 4 is 21.7 Å². The fraction of sp³-hybridized carbons (Fsp3) is 0.462. The third-order valence-corrected chi connectivity index (χ3v) is 4.09. The number of ether oxygens (including phenoxy) is 1. The highest BCUT2D eigenvalue weighted by molar-refractivity contribution is 7.88. The Morgan fingerprint density at radius 3 is 2.30 bits per heavy atom. The molecule has 0 unspecified atom stereocenters. The molecule has 1 rings (SSSR count). The number of benzene rings is 1. The average molecular weight is 300 g/mol. The maximum absolute atomic E-state index is 12.1. The molecule has 0 spiro atoms. The van der Waals surface area contributed by atoms with Crippen LogP contribution in [0.3, 0.4) is 0 Å². The second-order valence-electron chi connectivity index (χ2n) is 4.86. The molecule has 0 fully saturated rings. The fourth-order valence-corrected chi connectivity index (χ4v) is 3.12. The summed E-state index contributed by atoms with van der Waals surface area (Å²) in [5.41, 5.74) is 6.70. The van der Waals surface area contributed by atoms with E-state index in [0.717, 1.165) is 0 Å². The van der Waals surface area contributed by atoms with E-state index in [2.05, 4.69) is 9.46 Å². The van der Waals surface area contributed by atoms with Crippen LogP contribution in [-0.4, -0.2) is 27.5 Å². The quantitative estimate of drug-likeness (QED) is 0.600. The van der Waals surface area contributed by atoms with Crippen LogP contribution < -0.4 is 10.5 Å². The van der Waals surface area contributed by atoms with Gasteiger partial charge >= 0.3 is 5.97 Å². The van der Waals surface area contributed by atoms with E-state index in [9.17, 15) is 13.2 Å². The number of sulfonamides is 1. The molecule has 1 atom stereocenters. The number of anilines is 1. The van der Waals surface area contributed by atoms with Gasteiger partial charge in [-0.2, -0.15) is 0 Å². The first-order valence-corrected chi connectivity index (χ1v) is 7.82. The van der Waals surface area contributed by atoms with E-state index in [1.165, 1.54) is 7.11 Å². The minimum Gasteiger partial charge on any atom is -0.468 e. The van der Waals surface area contributed by atoms with Crippen molar-refractivity contribution in [3.63, 3.8) is 0 Å². The summed E-state index contributed by atoms with van der Waals surface area (Å²) in [5, 5.41) is 0. The lowest BCUT2D eigenvalue weighted by Gasteiger charge is -2.19. The van der Waals surface area contributed by atoms with Gasteiger partial charge in [-0.3, -0.25) is 4.79 Å². The number of hydrogen-bond donors (Lipinski definition) is 2. The summed E-state index contributed by atoms with van der Waals surface area (Å²) in [7, 11) is -2.41. The molecule has 3 N–H and O–H groups in total. The molecule has 7 heteroatoms. The van der Waals surface area contributed by atoms with Crippen molar-refractivity contribution in [3.8, 4) is 0 Å². The number of esters is 1. The predicted molar refractivity (Wildman–Crippen MR) is 77.3 cm³/mol. The Hall–Kier alpha value is -1.60. The number of hydrogen-bond acceptors (Lipinski definition) is 5. The summed E-state index contributed by atoms with van der Waals surface area (Å²) in [6.45, 7) is 3.49. The summed E-state index contributed by atoms with van der Waals surface area (Å²) in [4.78, 5) is 11.6. The van der Waals surface area contributed by atoms with Gasteiger partial charge in [0.1, 0.15) is 6.04 Å². The van der Waals surface area contributed by atoms with Crippen LogP contribution in [0.5, 0.6) is 0 Å². The van der Waals surface area contributed by atoms with Crippen LogP contribution >= 0.6 is 0 Å². The normalized spacial score (nSPS) is 13.2. The third-order valence-electron chi connectivity index (χ3n) is 2.76. The van der Waals surface area contributed by atoms with Crippen molar-refractivity contribution in [2.75, 3.05) is 12.8 Å². The van der Waals surface area contributed by atoms with Crippen molar-refractivity contribution in [3.05, 3.63) is 29.8 Å². The van der Waals surface area contributed by atoms with Gasteiger partial charge in [-0.25, -0.2) is 13.1 Å². The maximum Gasteiger partial charge on any atom is 0.324 e. The molecule has 20 heavy (non-hydrogen) atoms. The summed E-state index contributed by atoms with van der Waals surface area (Å²) in [6.07, 6.45) is 0. The van der Waals surface area contributed by atoms with Crippen molar-refractivity contribution in [1.29, 1.82) is 0 Å². The molecule has 0 aliphatic heterocycles. The van der Waals surface area contributed by atoms with Crippen LogP contribution in [0.2, 0.25) is 0 Å². The van der Waals surface area contributed by atoms with Crippen LogP contribution in [0, 0.1) is 5.92 Å². The third kappa shape index (κ3) is 4.82. The molecule has 0 aliphatic rings. The van der Waals surface area contributed by atoms with Gasteiger partial charge in [0, 0.05) is 5.69 Å². The number of rotatable bonds is 6. The molecule has 0 radical (unpaired) electrons. The van der Waals surface area contributed by atoms with Gasteiger partial charge in [0.15, 0.2) is 0 Å². The minimum absolute atomic E-state index is 0.205. The lowest BCUT2D eigenvalue weighted by Crippen LogP contribution is -2.45. The molecule has 0 heterocycles. The monoisotopic (exact) mass is 300 g/mol. The van der Waals surface area contributed by atoms with Crippen LogP contribution in [0.15, 0.2) is 24.3 Å². The first kappa shape index (κ1) is 16.5. The first-order chi connectivity index (χ1) is 9.25. The van der Waals surface area contributed by atoms with Crippen LogP contribution in [0.25, 0.3) is 0 Å². The second kappa shape index (κ2) is 6.71. The SMILES string of the molecule is COC(=O)[C@H](NS(=O)(=O)Cc1ccc(N)cc1)C(C)C. The van der Waals surface area contributed by atoms with E-state index in [4.69, 9.17) is 5.73 Å². The van der Waals surface area contributed by atoms with Gasteiger partial charge in [0.2, 0.25) is 10.0 Å². The van der Waals surface area contributed by atoms with E-state index in [1.54, 1.807) is 38.1 Å². The molecule has 112 valence electrons. The molecule has 0 bridgehead atoms. The highest BCUT2D eigenvalue weighted by atomic mass is 32.2. The summed E-state index contributed by atoms with van der Waals surface area (Å²) in [6, 6.07) is 5.64. The maximum atomic E-state index is 12.1. The average Bonchev–Trinajstić information content (AvgIpc) is 2.37. The number of nitrogens with one attached hydrogen (secondary N) is 1. The molecule has 0 aliphatic carbocycles. The fourth-order valence-electron chi connectivity index (χ4n) is 1.65. The van der Waals surface area contributed by atoms with E-state index in [-0.39, 0.29) is 11.7 Å². The smallest absolute Gasteiger partial charge is 0.324 e. The van der Waals surface area contributed by atoms with Crippen molar-refractivity contribution < 1.29 is 17.9 Å². The summed E-state index contributed by atoms with van der Waals surface area (Å²) in [5.74, 6) is -1.02. The lowest BCUT2D eigenvalue weighted by atomic mass is 10.1. The Labute approximate surface area is 119 Å². The zero-order valence-corrected chi connectivity index (χ0v) is 12.6. The van der Waals surface area contributed by atoms with Gasteiger partial charge in [-0.1, -0.05) is 26.0 Å². The topological polar surface area (TPSA) is 98.5 Å². The van der Waals surface area contributed by atoms with E-state index in [1.807, 2.05) is 0 Å². The zero-order valence-electron chi connectivity index (χ0n) is 11.8. The van der Waals surface area contributed by atoms with Gasteiger partial charge in [0.25, 0.3) is 0 Å². The van der Waals surface area contributed by atoms with E-state index < -0.39 is 22.0 Å². The second-order valence-corrected chi connectivity index (χ2v) is 6.62. The molecule has 1 aromatic carbocycles. The van der Waals surface area contributed by atoms with Crippen LogP contribution in [0.1, 0.15) is 19.4 Å². The first-order valence-electron chi connectivity index (χ1n) is 6.17. The highest BCUT2D eigenvalue weighted by Crippen LogP contribution is 2.11. The van der Waals surface area contributed by atoms with Gasteiger partial charge in [0.05, 0.1) is 12.9 Å². The van der Waals surface area contributed by atoms with Crippen molar-refractivity contribution in [1.82, 2.24) is 4.72 Å². The summed E-state index contributed by atoms with van der Waals surface area (Å²) >= 11 is 0. The van der Waals surface area contributed by atoms with Gasteiger partial charge in [-0.15, -0.1) is 0 Å². The Bertz CT molecular complexity index is 552. The Kier molecular flexibility index (Phi) is 5.52. The number of methoxy groups -OCH3 is 1. The van der Waals surface area contributed by atoms with Crippen LogP contribution in [-0.2, 0) is 25.3 Å².